The summed E-state index contributed by atoms with van der Waals surface area (Å²) in [6, 6.07) is 13.7. The fraction of sp³-hybridized carbons (Fsp3) is 0.200. The first-order chi connectivity index (χ1) is 15.7. The average molecular weight is 463 g/mol. The molecule has 2 heterocycles. The number of ether oxygens (including phenoxy) is 1. The molecule has 2 aromatic heterocycles. The average Bonchev–Trinajstić information content (AvgIpc) is 2.77. The third-order valence-corrected chi connectivity index (χ3v) is 6.86. The molecule has 0 amide bonds. The maximum Gasteiger partial charge on any atom is 0.351 e. The summed E-state index contributed by atoms with van der Waals surface area (Å²) < 4.78 is 16.7. The number of nitrogen functional groups attached to an aromatic ring is 1. The van der Waals surface area contributed by atoms with Crippen molar-refractivity contribution in [2.45, 2.75) is 26.7 Å². The molecule has 0 fully saturated rings. The van der Waals surface area contributed by atoms with Gasteiger partial charge in [0.05, 0.1) is 12.6 Å². The van der Waals surface area contributed by atoms with Gasteiger partial charge in [-0.2, -0.15) is 0 Å². The molecule has 33 heavy (non-hydrogen) atoms. The fourth-order valence-electron chi connectivity index (χ4n) is 3.88. The van der Waals surface area contributed by atoms with Crippen molar-refractivity contribution < 1.29 is 19.1 Å². The van der Waals surface area contributed by atoms with E-state index in [0.717, 1.165) is 34.9 Å². The molecule has 2 aromatic carbocycles. The first-order valence-electron chi connectivity index (χ1n) is 10.5. The predicted octanol–water partition coefficient (Wildman–Crippen LogP) is 5.01. The van der Waals surface area contributed by atoms with Crippen LogP contribution >= 0.6 is 7.60 Å². The number of methoxy groups -OCH3 is 1. The number of nitrogens with zero attached hydrogens (tertiary/aromatic N) is 2. The van der Waals surface area contributed by atoms with Crippen LogP contribution in [0.4, 0.5) is 5.82 Å². The molecule has 8 heteroatoms. The van der Waals surface area contributed by atoms with E-state index in [1.165, 1.54) is 24.1 Å². The summed E-state index contributed by atoms with van der Waals surface area (Å²) in [5, 5.41) is 1.79. The second-order valence-electron chi connectivity index (χ2n) is 8.14. The van der Waals surface area contributed by atoms with Gasteiger partial charge in [0, 0.05) is 22.3 Å². The lowest BCUT2D eigenvalue weighted by Gasteiger charge is -2.11. The Morgan fingerprint density at radius 3 is 2.61 bits per heavy atom. The Morgan fingerprint density at radius 1 is 1.12 bits per heavy atom. The molecular formula is C25H26N3O4P. The van der Waals surface area contributed by atoms with Gasteiger partial charge in [-0.15, -0.1) is 0 Å². The molecule has 0 aliphatic carbocycles. The van der Waals surface area contributed by atoms with Crippen molar-refractivity contribution in [2.24, 2.45) is 0 Å². The van der Waals surface area contributed by atoms with Gasteiger partial charge in [0.25, 0.3) is 0 Å². The van der Waals surface area contributed by atoms with Crippen molar-refractivity contribution in [3.8, 4) is 5.75 Å². The van der Waals surface area contributed by atoms with Crippen LogP contribution in [0.15, 0.2) is 54.0 Å². The molecule has 7 nitrogen and oxygen atoms in total. The van der Waals surface area contributed by atoms with Crippen LogP contribution in [-0.4, -0.2) is 26.9 Å². The number of aryl methyl sites for hydroxylation is 3. The summed E-state index contributed by atoms with van der Waals surface area (Å²) >= 11 is 0. The normalized spacial score (nSPS) is 12.5. The van der Waals surface area contributed by atoms with Crippen LogP contribution in [0.1, 0.15) is 29.2 Å². The highest BCUT2D eigenvalue weighted by Gasteiger charge is 2.16. The van der Waals surface area contributed by atoms with Gasteiger partial charge in [-0.3, -0.25) is 9.55 Å². The summed E-state index contributed by atoms with van der Waals surface area (Å²) in [4.78, 5) is 27.7. The van der Waals surface area contributed by atoms with Crippen molar-refractivity contribution >= 4 is 41.3 Å². The highest BCUT2D eigenvalue weighted by atomic mass is 31.2. The second-order valence-corrected chi connectivity index (χ2v) is 9.93. The molecule has 0 bridgehead atoms. The van der Waals surface area contributed by atoms with Crippen LogP contribution in [0, 0.1) is 6.92 Å². The Labute approximate surface area is 192 Å². The third-order valence-electron chi connectivity index (χ3n) is 5.81. The largest absolute Gasteiger partial charge is 0.497 e. The van der Waals surface area contributed by atoms with E-state index in [4.69, 9.17) is 10.5 Å². The zero-order chi connectivity index (χ0) is 23.8. The quantitative estimate of drug-likeness (QED) is 0.272. The number of hydrogen-bond donors (Lipinski definition) is 3. The zero-order valence-electron chi connectivity index (χ0n) is 18.7. The highest BCUT2D eigenvalue weighted by Crippen LogP contribution is 2.45. The van der Waals surface area contributed by atoms with E-state index in [9.17, 15) is 14.4 Å². The number of allylic oxidation sites excluding steroid dienone is 1. The van der Waals surface area contributed by atoms with Crippen LogP contribution in [-0.2, 0) is 17.4 Å². The number of pyridine rings is 2. The number of fused-ring (bicyclic) bond motifs is 3. The van der Waals surface area contributed by atoms with Gasteiger partial charge in [0.15, 0.2) is 5.82 Å². The Morgan fingerprint density at radius 2 is 1.91 bits per heavy atom. The minimum Gasteiger partial charge on any atom is -0.497 e. The Hall–Kier alpha value is -3.25. The molecule has 0 unspecified atom stereocenters. The minimum atomic E-state index is -4.28. The zero-order valence-corrected chi connectivity index (χ0v) is 19.6. The van der Waals surface area contributed by atoms with Crippen LogP contribution < -0.4 is 10.5 Å². The van der Waals surface area contributed by atoms with Gasteiger partial charge >= 0.3 is 7.60 Å². The SMILES string of the molecule is COc1ccc(CCc2cnc3c(N)nc4cc(/C=C(\C)P(=O)(O)O)ccc4c3c2)c(C)c1. The molecule has 0 saturated heterocycles. The number of aromatic nitrogens is 2. The number of nitrogens with two attached hydrogens (primary N) is 1. The molecule has 0 spiro atoms. The predicted molar refractivity (Wildman–Crippen MR) is 132 cm³/mol. The molecule has 0 aliphatic heterocycles. The van der Waals surface area contributed by atoms with Crippen LogP contribution in [0.5, 0.6) is 5.75 Å². The van der Waals surface area contributed by atoms with Crippen LogP contribution in [0.3, 0.4) is 0 Å². The van der Waals surface area contributed by atoms with Crippen molar-refractivity contribution in [3.05, 3.63) is 76.2 Å². The van der Waals surface area contributed by atoms with Gasteiger partial charge in [0.2, 0.25) is 0 Å². The molecule has 4 N–H and O–H groups in total. The third kappa shape index (κ3) is 4.91. The summed E-state index contributed by atoms with van der Waals surface area (Å²) in [5.41, 5.74) is 11.7. The molecule has 0 saturated carbocycles. The van der Waals surface area contributed by atoms with E-state index in [-0.39, 0.29) is 5.31 Å². The van der Waals surface area contributed by atoms with E-state index >= 15 is 0 Å². The maximum absolute atomic E-state index is 11.5. The van der Waals surface area contributed by atoms with Gasteiger partial charge < -0.3 is 20.3 Å². The summed E-state index contributed by atoms with van der Waals surface area (Å²) in [7, 11) is -2.62. The monoisotopic (exact) mass is 463 g/mol. The van der Waals surface area contributed by atoms with Crippen molar-refractivity contribution in [1.29, 1.82) is 0 Å². The van der Waals surface area contributed by atoms with Gasteiger partial charge in [-0.1, -0.05) is 18.2 Å². The standard InChI is InChI=1S/C25H26N3O4P/c1-15-10-20(32-3)8-7-19(15)6-4-18-12-22-21-9-5-17(11-16(2)33(29,30)31)13-23(21)28-25(26)24(22)27-14-18/h5,7-14H,4,6H2,1-3H3,(H2,26,28)(H2,29,30,31)/b16-11+. The summed E-state index contributed by atoms with van der Waals surface area (Å²) in [6.07, 6.45) is 5.00. The smallest absolute Gasteiger partial charge is 0.351 e. The summed E-state index contributed by atoms with van der Waals surface area (Å²) in [5.74, 6) is 1.17. The topological polar surface area (TPSA) is 119 Å². The van der Waals surface area contributed by atoms with E-state index in [0.29, 0.717) is 22.4 Å². The highest BCUT2D eigenvalue weighted by molar-refractivity contribution is 7.56. The van der Waals surface area contributed by atoms with E-state index < -0.39 is 7.60 Å². The molecule has 4 aromatic rings. The van der Waals surface area contributed by atoms with Gasteiger partial charge in [-0.05, 0) is 79.3 Å². The second kappa shape index (κ2) is 8.94. The van der Waals surface area contributed by atoms with Gasteiger partial charge in [-0.25, -0.2) is 4.98 Å². The lowest BCUT2D eigenvalue weighted by molar-refractivity contribution is 0.382. The first kappa shape index (κ1) is 22.9. The van der Waals surface area contributed by atoms with Crippen LogP contribution in [0.25, 0.3) is 27.9 Å². The molecular weight excluding hydrogens is 437 g/mol. The van der Waals surface area contributed by atoms with Crippen molar-refractivity contribution in [1.82, 2.24) is 9.97 Å². The van der Waals surface area contributed by atoms with E-state index in [2.05, 4.69) is 29.0 Å². The molecule has 0 atom stereocenters. The van der Waals surface area contributed by atoms with E-state index in [1.54, 1.807) is 13.2 Å². The Bertz CT molecular complexity index is 1440. The lowest BCUT2D eigenvalue weighted by Crippen LogP contribution is -1.99. The fourth-order valence-corrected chi connectivity index (χ4v) is 4.19. The minimum absolute atomic E-state index is 0.00612. The van der Waals surface area contributed by atoms with Crippen molar-refractivity contribution in [2.75, 3.05) is 12.8 Å². The lowest BCUT2D eigenvalue weighted by atomic mass is 9.99. The summed E-state index contributed by atoms with van der Waals surface area (Å²) in [6.45, 7) is 3.49. The van der Waals surface area contributed by atoms with Crippen LogP contribution in [0.2, 0.25) is 0 Å². The molecule has 170 valence electrons. The first-order valence-corrected chi connectivity index (χ1v) is 12.1. The van der Waals surface area contributed by atoms with Crippen molar-refractivity contribution in [3.63, 3.8) is 0 Å². The Balaban J connectivity index is 1.70. The number of anilines is 1. The molecule has 0 radical (unpaired) electrons. The van der Waals surface area contributed by atoms with E-state index in [1.807, 2.05) is 30.5 Å². The maximum atomic E-state index is 11.5. The number of benzene rings is 2. The Kier molecular flexibility index (Phi) is 6.21. The number of rotatable bonds is 6. The number of hydrogen-bond acceptors (Lipinski definition) is 5. The van der Waals surface area contributed by atoms with Gasteiger partial charge in [0.1, 0.15) is 11.3 Å². The molecule has 4 rings (SSSR count). The molecule has 0 aliphatic rings.